The Morgan fingerprint density at radius 2 is 1.21 bits per heavy atom. The van der Waals surface area contributed by atoms with Gasteiger partial charge in [0.1, 0.15) is 0 Å². The molecule has 0 bridgehead atoms. The zero-order valence-electron chi connectivity index (χ0n) is 21.3. The normalized spacial score (nSPS) is 12.3. The predicted molar refractivity (Wildman–Crippen MR) is 133 cm³/mol. The molecule has 0 amide bonds. The van der Waals surface area contributed by atoms with Crippen molar-refractivity contribution in [2.24, 2.45) is 10.8 Å². The third kappa shape index (κ3) is 15.6. The van der Waals surface area contributed by atoms with Crippen molar-refractivity contribution in [3.8, 4) is 0 Å². The first-order valence-corrected chi connectivity index (χ1v) is 12.6. The van der Waals surface area contributed by atoms with E-state index in [2.05, 4.69) is 12.1 Å². The molecule has 0 spiro atoms. The molecule has 1 aromatic carbocycles. The highest BCUT2D eigenvalue weighted by Crippen LogP contribution is 2.29. The largest absolute Gasteiger partial charge is 0.481 e. The molecule has 0 aliphatic rings. The van der Waals surface area contributed by atoms with Crippen molar-refractivity contribution < 1.29 is 24.5 Å². The summed E-state index contributed by atoms with van der Waals surface area (Å²) < 4.78 is 6.27. The van der Waals surface area contributed by atoms with E-state index in [1.54, 1.807) is 0 Å². The highest BCUT2D eigenvalue weighted by atomic mass is 16.5. The Morgan fingerprint density at radius 1 is 0.758 bits per heavy atom. The van der Waals surface area contributed by atoms with Crippen molar-refractivity contribution in [1.29, 1.82) is 0 Å². The van der Waals surface area contributed by atoms with E-state index < -0.39 is 11.9 Å². The maximum atomic E-state index is 11.0. The molecule has 0 aliphatic heterocycles. The molecular weight excluding hydrogens is 416 g/mol. The molecule has 0 aromatic heterocycles. The first kappa shape index (κ1) is 29.2. The summed E-state index contributed by atoms with van der Waals surface area (Å²) in [5.41, 5.74) is 0.890. The van der Waals surface area contributed by atoms with Crippen molar-refractivity contribution in [2.45, 2.75) is 117 Å². The first-order chi connectivity index (χ1) is 15.5. The lowest BCUT2D eigenvalue weighted by atomic mass is 9.83. The van der Waals surface area contributed by atoms with Crippen LogP contribution >= 0.6 is 0 Å². The zero-order valence-corrected chi connectivity index (χ0v) is 21.3. The summed E-state index contributed by atoms with van der Waals surface area (Å²) >= 11 is 0. The smallest absolute Gasteiger partial charge is 0.303 e. The number of benzene rings is 1. The minimum absolute atomic E-state index is 0.149. The van der Waals surface area contributed by atoms with E-state index in [0.717, 1.165) is 64.2 Å². The fourth-order valence-electron chi connectivity index (χ4n) is 4.40. The number of rotatable bonds is 19. The molecule has 5 nitrogen and oxygen atoms in total. The lowest BCUT2D eigenvalue weighted by molar-refractivity contribution is -0.140. The van der Waals surface area contributed by atoms with Crippen LogP contribution in [0.1, 0.15) is 110 Å². The molecule has 0 saturated heterocycles. The maximum Gasteiger partial charge on any atom is 0.303 e. The Morgan fingerprint density at radius 3 is 1.64 bits per heavy atom. The molecule has 1 aromatic rings. The van der Waals surface area contributed by atoms with Crippen LogP contribution in [0.15, 0.2) is 30.3 Å². The summed E-state index contributed by atoms with van der Waals surface area (Å²) in [6, 6.07) is 10.3. The van der Waals surface area contributed by atoms with Gasteiger partial charge in [-0.05, 0) is 42.1 Å². The van der Waals surface area contributed by atoms with Gasteiger partial charge in [0.2, 0.25) is 0 Å². The van der Waals surface area contributed by atoms with Gasteiger partial charge in [0, 0.05) is 0 Å². The van der Waals surface area contributed by atoms with Crippen LogP contribution in [0.5, 0.6) is 0 Å². The molecule has 0 fully saturated rings. The van der Waals surface area contributed by atoms with Crippen LogP contribution in [-0.2, 0) is 20.9 Å². The van der Waals surface area contributed by atoms with E-state index in [1.165, 1.54) is 5.56 Å². The standard InChI is InChI=1S/C28H46O5/c1-27(2,20-25(29)30)18-12-6-10-16-24(33-22-23-14-8-5-9-15-23)17-11-7-13-19-28(3,4)21-26(31)32/h5,8-9,14-15,24H,6-7,10-13,16-22H2,1-4H3,(H,29,30)(H,31,32). The van der Waals surface area contributed by atoms with Crippen molar-refractivity contribution >= 4 is 11.9 Å². The number of aliphatic carboxylic acids is 2. The second-order valence-electron chi connectivity index (χ2n) is 11.1. The van der Waals surface area contributed by atoms with Gasteiger partial charge in [-0.3, -0.25) is 9.59 Å². The molecule has 0 radical (unpaired) electrons. The van der Waals surface area contributed by atoms with Crippen molar-refractivity contribution in [3.63, 3.8) is 0 Å². The van der Waals surface area contributed by atoms with E-state index in [-0.39, 0.29) is 29.8 Å². The molecule has 0 atom stereocenters. The van der Waals surface area contributed by atoms with Crippen LogP contribution in [-0.4, -0.2) is 28.3 Å². The SMILES string of the molecule is CC(C)(CCCCCC(CCCCCC(C)(C)CC(=O)O)OCc1ccccc1)CC(=O)O. The molecule has 2 N–H and O–H groups in total. The minimum atomic E-state index is -0.722. The Kier molecular flexibility index (Phi) is 13.3. The Bertz CT molecular complexity index is 643. The second kappa shape index (κ2) is 15.1. The van der Waals surface area contributed by atoms with Gasteiger partial charge in [-0.15, -0.1) is 0 Å². The number of carboxylic acids is 2. The first-order valence-electron chi connectivity index (χ1n) is 12.6. The van der Waals surface area contributed by atoms with E-state index in [9.17, 15) is 9.59 Å². The number of hydrogen-bond acceptors (Lipinski definition) is 3. The highest BCUT2D eigenvalue weighted by Gasteiger charge is 2.22. The second-order valence-corrected chi connectivity index (χ2v) is 11.1. The average Bonchev–Trinajstić information content (AvgIpc) is 2.69. The quantitative estimate of drug-likeness (QED) is 0.208. The number of unbranched alkanes of at least 4 members (excludes halogenated alkanes) is 4. The summed E-state index contributed by atoms with van der Waals surface area (Å²) in [7, 11) is 0. The number of ether oxygens (including phenoxy) is 1. The van der Waals surface area contributed by atoms with E-state index in [4.69, 9.17) is 14.9 Å². The van der Waals surface area contributed by atoms with Crippen molar-refractivity contribution in [1.82, 2.24) is 0 Å². The van der Waals surface area contributed by atoms with E-state index >= 15 is 0 Å². The Balaban J connectivity index is 2.39. The van der Waals surface area contributed by atoms with E-state index in [0.29, 0.717) is 6.61 Å². The third-order valence-corrected chi connectivity index (χ3v) is 6.35. The summed E-state index contributed by atoms with van der Waals surface area (Å²) in [6.07, 6.45) is 11.0. The fraction of sp³-hybridized carbons (Fsp3) is 0.714. The van der Waals surface area contributed by atoms with Gasteiger partial charge in [-0.25, -0.2) is 0 Å². The highest BCUT2D eigenvalue weighted by molar-refractivity contribution is 5.67. The maximum absolute atomic E-state index is 11.0. The molecule has 33 heavy (non-hydrogen) atoms. The molecule has 0 aliphatic carbocycles. The summed E-state index contributed by atoms with van der Waals surface area (Å²) in [5, 5.41) is 18.1. The molecule has 0 saturated carbocycles. The van der Waals surface area contributed by atoms with Crippen molar-refractivity contribution in [3.05, 3.63) is 35.9 Å². The van der Waals surface area contributed by atoms with Crippen LogP contribution in [0.3, 0.4) is 0 Å². The molecule has 5 heteroatoms. The molecule has 188 valence electrons. The van der Waals surface area contributed by atoms with E-state index in [1.807, 2.05) is 45.9 Å². The van der Waals surface area contributed by atoms with Gasteiger partial charge in [-0.2, -0.15) is 0 Å². The van der Waals surface area contributed by atoms with Crippen LogP contribution in [0.2, 0.25) is 0 Å². The number of carboxylic acid groups (broad SMARTS) is 2. The number of carbonyl (C=O) groups is 2. The average molecular weight is 463 g/mol. The van der Waals surface area contributed by atoms with Gasteiger partial charge in [0.25, 0.3) is 0 Å². The lowest BCUT2D eigenvalue weighted by Gasteiger charge is -2.23. The molecule has 0 unspecified atom stereocenters. The fourth-order valence-corrected chi connectivity index (χ4v) is 4.40. The zero-order chi connectivity index (χ0) is 24.7. The lowest BCUT2D eigenvalue weighted by Crippen LogP contribution is -2.17. The molecule has 0 heterocycles. The number of hydrogen-bond donors (Lipinski definition) is 2. The molecule has 1 rings (SSSR count). The Labute approximate surface area is 200 Å². The van der Waals surface area contributed by atoms with Gasteiger partial charge >= 0.3 is 11.9 Å². The monoisotopic (exact) mass is 462 g/mol. The summed E-state index contributed by atoms with van der Waals surface area (Å²) in [6.45, 7) is 8.76. The van der Waals surface area contributed by atoms with Gasteiger partial charge in [0.05, 0.1) is 25.6 Å². The van der Waals surface area contributed by atoms with Gasteiger partial charge in [-0.1, -0.05) is 96.6 Å². The van der Waals surface area contributed by atoms with Crippen LogP contribution in [0.4, 0.5) is 0 Å². The van der Waals surface area contributed by atoms with Gasteiger partial charge in [0.15, 0.2) is 0 Å². The van der Waals surface area contributed by atoms with Crippen molar-refractivity contribution in [2.75, 3.05) is 0 Å². The summed E-state index contributed by atoms with van der Waals surface area (Å²) in [5.74, 6) is -1.44. The minimum Gasteiger partial charge on any atom is -0.481 e. The van der Waals surface area contributed by atoms with Gasteiger partial charge < -0.3 is 14.9 Å². The topological polar surface area (TPSA) is 83.8 Å². The van der Waals surface area contributed by atoms with Crippen LogP contribution in [0.25, 0.3) is 0 Å². The molecular formula is C28H46O5. The summed E-state index contributed by atoms with van der Waals surface area (Å²) in [4.78, 5) is 22.0. The van der Waals surface area contributed by atoms with Crippen LogP contribution in [0, 0.1) is 10.8 Å². The predicted octanol–water partition coefficient (Wildman–Crippen LogP) is 7.47. The Hall–Kier alpha value is -1.88. The third-order valence-electron chi connectivity index (χ3n) is 6.35. The van der Waals surface area contributed by atoms with Crippen LogP contribution < -0.4 is 0 Å².